The van der Waals surface area contributed by atoms with E-state index < -0.39 is 0 Å². The first-order chi connectivity index (χ1) is 13.8. The molecule has 2 N–H and O–H groups in total. The first-order valence-corrected chi connectivity index (χ1v) is 9.05. The first kappa shape index (κ1) is 17.7. The highest BCUT2D eigenvalue weighted by molar-refractivity contribution is 5.94. The number of carbonyl (C=O) groups is 1. The van der Waals surface area contributed by atoms with E-state index in [2.05, 4.69) is 25.7 Å². The zero-order chi connectivity index (χ0) is 19.3. The summed E-state index contributed by atoms with van der Waals surface area (Å²) in [7, 11) is 1.63. The average molecular weight is 372 g/mol. The molecule has 7 nitrogen and oxygen atoms in total. The minimum Gasteiger partial charge on any atom is -0.369 e. The number of nitrogens with one attached hydrogen (secondary N) is 2. The summed E-state index contributed by atoms with van der Waals surface area (Å²) in [4.78, 5) is 20.5. The molecule has 0 fully saturated rings. The molecule has 0 aliphatic rings. The molecule has 2 aromatic carbocycles. The van der Waals surface area contributed by atoms with Gasteiger partial charge in [-0.15, -0.1) is 0 Å². The molecule has 2 heterocycles. The normalized spacial score (nSPS) is 10.8. The van der Waals surface area contributed by atoms with E-state index in [-0.39, 0.29) is 5.91 Å². The van der Waals surface area contributed by atoms with Gasteiger partial charge in [0.2, 0.25) is 0 Å². The molecular weight excluding hydrogens is 352 g/mol. The van der Waals surface area contributed by atoms with Gasteiger partial charge >= 0.3 is 0 Å². The van der Waals surface area contributed by atoms with Crippen LogP contribution in [0.25, 0.3) is 16.7 Å². The molecule has 2 aromatic heterocycles. The number of hydrogen-bond donors (Lipinski definition) is 2. The molecule has 4 aromatic rings. The Morgan fingerprint density at radius 3 is 2.75 bits per heavy atom. The quantitative estimate of drug-likeness (QED) is 0.544. The number of para-hydroxylation sites is 1. The SMILES string of the molecule is CNC(=O)c1cccc(CCNc2ncnc3c2cnn3-c2ccccc2)c1. The summed E-state index contributed by atoms with van der Waals surface area (Å²) >= 11 is 0. The lowest BCUT2D eigenvalue weighted by Crippen LogP contribution is -2.18. The molecule has 0 saturated heterocycles. The van der Waals surface area contributed by atoms with E-state index in [4.69, 9.17) is 0 Å². The highest BCUT2D eigenvalue weighted by Crippen LogP contribution is 2.21. The summed E-state index contributed by atoms with van der Waals surface area (Å²) in [5.74, 6) is 0.662. The Bertz CT molecular complexity index is 1110. The predicted molar refractivity (Wildman–Crippen MR) is 109 cm³/mol. The van der Waals surface area contributed by atoms with Crippen molar-refractivity contribution in [3.05, 3.63) is 78.2 Å². The van der Waals surface area contributed by atoms with Gasteiger partial charge < -0.3 is 10.6 Å². The molecule has 0 unspecified atom stereocenters. The average Bonchev–Trinajstić information content (AvgIpc) is 3.19. The molecule has 28 heavy (non-hydrogen) atoms. The number of amides is 1. The van der Waals surface area contributed by atoms with Gasteiger partial charge in [0.1, 0.15) is 12.1 Å². The molecule has 0 spiro atoms. The minimum absolute atomic E-state index is 0.0827. The van der Waals surface area contributed by atoms with E-state index >= 15 is 0 Å². The van der Waals surface area contributed by atoms with E-state index in [0.717, 1.165) is 34.5 Å². The maximum atomic E-state index is 11.8. The third kappa shape index (κ3) is 3.55. The smallest absolute Gasteiger partial charge is 0.251 e. The lowest BCUT2D eigenvalue weighted by molar-refractivity contribution is 0.0963. The highest BCUT2D eigenvalue weighted by Gasteiger charge is 2.11. The molecule has 0 saturated carbocycles. The van der Waals surface area contributed by atoms with Crippen molar-refractivity contribution >= 4 is 22.8 Å². The van der Waals surface area contributed by atoms with Crippen molar-refractivity contribution in [2.24, 2.45) is 0 Å². The number of aromatic nitrogens is 4. The highest BCUT2D eigenvalue weighted by atomic mass is 16.1. The second-order valence-corrected chi connectivity index (χ2v) is 6.31. The van der Waals surface area contributed by atoms with Gasteiger partial charge in [0, 0.05) is 19.2 Å². The van der Waals surface area contributed by atoms with Crippen molar-refractivity contribution in [3.8, 4) is 5.69 Å². The van der Waals surface area contributed by atoms with Crippen molar-refractivity contribution < 1.29 is 4.79 Å². The third-order valence-corrected chi connectivity index (χ3v) is 4.49. The fourth-order valence-corrected chi connectivity index (χ4v) is 3.08. The van der Waals surface area contributed by atoms with Crippen LogP contribution >= 0.6 is 0 Å². The van der Waals surface area contributed by atoms with Crippen molar-refractivity contribution in [2.75, 3.05) is 18.9 Å². The Balaban J connectivity index is 1.50. The van der Waals surface area contributed by atoms with Crippen LogP contribution in [0.5, 0.6) is 0 Å². The lowest BCUT2D eigenvalue weighted by atomic mass is 10.1. The minimum atomic E-state index is -0.0827. The van der Waals surface area contributed by atoms with Crippen LogP contribution in [0.4, 0.5) is 5.82 Å². The zero-order valence-electron chi connectivity index (χ0n) is 15.5. The second-order valence-electron chi connectivity index (χ2n) is 6.31. The largest absolute Gasteiger partial charge is 0.369 e. The van der Waals surface area contributed by atoms with Crippen LogP contribution in [0.3, 0.4) is 0 Å². The molecule has 0 atom stereocenters. The number of benzene rings is 2. The molecular formula is C21H20N6O. The molecule has 1 amide bonds. The summed E-state index contributed by atoms with van der Waals surface area (Å²) in [6.07, 6.45) is 4.08. The molecule has 140 valence electrons. The summed E-state index contributed by atoms with van der Waals surface area (Å²) in [6.45, 7) is 0.680. The van der Waals surface area contributed by atoms with E-state index in [1.54, 1.807) is 17.9 Å². The van der Waals surface area contributed by atoms with Crippen molar-refractivity contribution in [2.45, 2.75) is 6.42 Å². The summed E-state index contributed by atoms with van der Waals surface area (Å²) < 4.78 is 1.80. The van der Waals surface area contributed by atoms with Crippen LogP contribution in [-0.4, -0.2) is 39.2 Å². The maximum absolute atomic E-state index is 11.8. The van der Waals surface area contributed by atoms with Crippen molar-refractivity contribution in [1.29, 1.82) is 0 Å². The van der Waals surface area contributed by atoms with Crippen LogP contribution in [-0.2, 0) is 6.42 Å². The molecule has 0 aliphatic heterocycles. The standard InChI is InChI=1S/C21H20N6O/c1-22-21(28)16-7-5-6-15(12-16)10-11-23-19-18-13-26-27(20(18)25-14-24-19)17-8-3-2-4-9-17/h2-9,12-14H,10-11H2,1H3,(H,22,28)(H,23,24,25). The number of hydrogen-bond acceptors (Lipinski definition) is 5. The van der Waals surface area contributed by atoms with E-state index in [1.165, 1.54) is 6.33 Å². The molecule has 0 radical (unpaired) electrons. The van der Waals surface area contributed by atoms with Gasteiger partial charge in [-0.25, -0.2) is 14.6 Å². The van der Waals surface area contributed by atoms with Gasteiger partial charge in [-0.1, -0.05) is 30.3 Å². The Morgan fingerprint density at radius 2 is 1.93 bits per heavy atom. The Hall–Kier alpha value is -3.74. The Labute approximate surface area is 162 Å². The number of rotatable bonds is 6. The second kappa shape index (κ2) is 7.87. The van der Waals surface area contributed by atoms with Crippen LogP contribution < -0.4 is 10.6 Å². The topological polar surface area (TPSA) is 84.7 Å². The number of fused-ring (bicyclic) bond motifs is 1. The zero-order valence-corrected chi connectivity index (χ0v) is 15.5. The first-order valence-electron chi connectivity index (χ1n) is 9.05. The van der Waals surface area contributed by atoms with Crippen LogP contribution in [0.1, 0.15) is 15.9 Å². The number of nitrogens with zero attached hydrogens (tertiary/aromatic N) is 4. The number of anilines is 1. The van der Waals surface area contributed by atoms with Gasteiger partial charge in [0.15, 0.2) is 5.65 Å². The van der Waals surface area contributed by atoms with Gasteiger partial charge in [0.25, 0.3) is 5.91 Å². The predicted octanol–water partition coefficient (Wildman–Crippen LogP) is 2.83. The molecule has 4 rings (SSSR count). The Kier molecular flexibility index (Phi) is 4.97. The monoisotopic (exact) mass is 372 g/mol. The van der Waals surface area contributed by atoms with Gasteiger partial charge in [-0.2, -0.15) is 5.10 Å². The van der Waals surface area contributed by atoms with E-state index in [1.807, 2.05) is 54.6 Å². The summed E-state index contributed by atoms with van der Waals surface area (Å²) in [5, 5.41) is 11.3. The van der Waals surface area contributed by atoms with E-state index in [0.29, 0.717) is 12.1 Å². The number of carbonyl (C=O) groups excluding carboxylic acids is 1. The van der Waals surface area contributed by atoms with Crippen LogP contribution in [0, 0.1) is 0 Å². The molecule has 0 aliphatic carbocycles. The third-order valence-electron chi connectivity index (χ3n) is 4.49. The van der Waals surface area contributed by atoms with Gasteiger partial charge in [0.05, 0.1) is 17.3 Å². The van der Waals surface area contributed by atoms with E-state index in [9.17, 15) is 4.79 Å². The lowest BCUT2D eigenvalue weighted by Gasteiger charge is -2.08. The van der Waals surface area contributed by atoms with Crippen LogP contribution in [0.2, 0.25) is 0 Å². The maximum Gasteiger partial charge on any atom is 0.251 e. The summed E-state index contributed by atoms with van der Waals surface area (Å²) in [6, 6.07) is 17.5. The summed E-state index contributed by atoms with van der Waals surface area (Å²) in [5.41, 5.74) is 3.45. The molecule has 7 heteroatoms. The van der Waals surface area contributed by atoms with Crippen molar-refractivity contribution in [1.82, 2.24) is 25.1 Å². The fraction of sp³-hybridized carbons (Fsp3) is 0.143. The van der Waals surface area contributed by atoms with Crippen LogP contribution in [0.15, 0.2) is 67.1 Å². The fourth-order valence-electron chi connectivity index (χ4n) is 3.08. The van der Waals surface area contributed by atoms with Gasteiger partial charge in [-0.3, -0.25) is 4.79 Å². The van der Waals surface area contributed by atoms with Gasteiger partial charge in [-0.05, 0) is 36.2 Å². The van der Waals surface area contributed by atoms with Crippen molar-refractivity contribution in [3.63, 3.8) is 0 Å². The molecule has 0 bridgehead atoms. The Morgan fingerprint density at radius 1 is 1.07 bits per heavy atom.